The summed E-state index contributed by atoms with van der Waals surface area (Å²) in [6, 6.07) is 6.37. The molecule has 0 saturated carbocycles. The van der Waals surface area contributed by atoms with Crippen molar-refractivity contribution >= 4 is 16.8 Å². The van der Waals surface area contributed by atoms with Crippen LogP contribution in [-0.4, -0.2) is 10.8 Å². The highest BCUT2D eigenvalue weighted by atomic mass is 35.5. The summed E-state index contributed by atoms with van der Waals surface area (Å²) in [5.41, 5.74) is 1.50. The Morgan fingerprint density at radius 2 is 1.50 bits per heavy atom. The number of hydrogen-bond donors (Lipinski definition) is 0. The van der Waals surface area contributed by atoms with E-state index in [1.807, 2.05) is 13.0 Å². The molecule has 1 aromatic rings. The topological polar surface area (TPSA) is 26.3 Å². The van der Waals surface area contributed by atoms with Gasteiger partial charge in [-0.25, -0.2) is 0 Å². The second-order valence-corrected chi connectivity index (χ2v) is 8.49. The molecule has 2 nitrogen and oxygen atoms in total. The van der Waals surface area contributed by atoms with Crippen molar-refractivity contribution in [2.24, 2.45) is 0 Å². The van der Waals surface area contributed by atoms with Gasteiger partial charge in [-0.05, 0) is 60.2 Å². The normalized spacial score (nSPS) is 15.0. The maximum absolute atomic E-state index is 11.8. The summed E-state index contributed by atoms with van der Waals surface area (Å²) >= 11 is 5.80. The SMILES string of the molecule is CCC(C)(Oc1ccc(C(C)(C)CC)cc1C(C)(C)CC)C(=O)Cl. The van der Waals surface area contributed by atoms with Crippen molar-refractivity contribution in [1.82, 2.24) is 0 Å². The highest BCUT2D eigenvalue weighted by molar-refractivity contribution is 6.65. The van der Waals surface area contributed by atoms with Gasteiger partial charge < -0.3 is 4.74 Å². The maximum atomic E-state index is 11.8. The first-order valence-corrected chi connectivity index (χ1v) is 9.35. The van der Waals surface area contributed by atoms with Crippen molar-refractivity contribution < 1.29 is 9.53 Å². The zero-order chi connectivity index (χ0) is 18.8. The number of ether oxygens (including phenoxy) is 1. The molecule has 0 aromatic heterocycles. The lowest BCUT2D eigenvalue weighted by molar-refractivity contribution is -0.125. The van der Waals surface area contributed by atoms with Gasteiger partial charge in [-0.15, -0.1) is 0 Å². The molecule has 0 spiro atoms. The molecule has 1 aromatic carbocycles. The van der Waals surface area contributed by atoms with Crippen LogP contribution in [0.25, 0.3) is 0 Å². The number of hydrogen-bond acceptors (Lipinski definition) is 2. The first-order valence-electron chi connectivity index (χ1n) is 8.97. The van der Waals surface area contributed by atoms with Gasteiger partial charge in [0.25, 0.3) is 5.24 Å². The summed E-state index contributed by atoms with van der Waals surface area (Å²) in [4.78, 5) is 11.8. The van der Waals surface area contributed by atoms with E-state index in [-0.39, 0.29) is 10.8 Å². The van der Waals surface area contributed by atoms with Crippen molar-refractivity contribution in [3.05, 3.63) is 29.3 Å². The van der Waals surface area contributed by atoms with E-state index >= 15 is 0 Å². The molecule has 0 radical (unpaired) electrons. The Labute approximate surface area is 152 Å². The van der Waals surface area contributed by atoms with E-state index < -0.39 is 10.8 Å². The first-order chi connectivity index (χ1) is 10.9. The van der Waals surface area contributed by atoms with E-state index in [1.54, 1.807) is 6.92 Å². The molecule has 0 amide bonds. The molecule has 0 aliphatic carbocycles. The summed E-state index contributed by atoms with van der Waals surface area (Å²) in [7, 11) is 0. The molecule has 1 rings (SSSR count). The van der Waals surface area contributed by atoms with E-state index in [9.17, 15) is 4.79 Å². The fraction of sp³-hybridized carbons (Fsp3) is 0.667. The smallest absolute Gasteiger partial charge is 0.265 e. The predicted octanol–water partition coefficient (Wildman–Crippen LogP) is 6.37. The van der Waals surface area contributed by atoms with Crippen LogP contribution in [0.3, 0.4) is 0 Å². The fourth-order valence-electron chi connectivity index (χ4n) is 2.46. The quantitative estimate of drug-likeness (QED) is 0.508. The zero-order valence-electron chi connectivity index (χ0n) is 16.5. The average molecular weight is 353 g/mol. The van der Waals surface area contributed by atoms with Crippen LogP contribution in [0.5, 0.6) is 5.75 Å². The first kappa shape index (κ1) is 21.0. The number of carbonyl (C=O) groups excluding carboxylic acids is 1. The summed E-state index contributed by atoms with van der Waals surface area (Å²) in [6.45, 7) is 17.0. The molecule has 0 aliphatic heterocycles. The highest BCUT2D eigenvalue weighted by Gasteiger charge is 2.35. The van der Waals surface area contributed by atoms with Gasteiger partial charge in [0.2, 0.25) is 0 Å². The Morgan fingerprint density at radius 3 is 1.92 bits per heavy atom. The average Bonchev–Trinajstić information content (AvgIpc) is 2.54. The summed E-state index contributed by atoms with van der Waals surface area (Å²) in [6.07, 6.45) is 2.58. The number of carbonyl (C=O) groups is 1. The molecule has 1 unspecified atom stereocenters. The van der Waals surface area contributed by atoms with Gasteiger partial charge >= 0.3 is 0 Å². The molecule has 1 atom stereocenters. The molecule has 24 heavy (non-hydrogen) atoms. The van der Waals surface area contributed by atoms with Gasteiger partial charge in [-0.1, -0.05) is 60.6 Å². The third kappa shape index (κ3) is 4.33. The van der Waals surface area contributed by atoms with Crippen molar-refractivity contribution in [3.8, 4) is 5.75 Å². The Bertz CT molecular complexity index is 590. The molecule has 3 heteroatoms. The third-order valence-corrected chi connectivity index (χ3v) is 6.08. The van der Waals surface area contributed by atoms with Crippen molar-refractivity contribution in [2.75, 3.05) is 0 Å². The van der Waals surface area contributed by atoms with E-state index in [0.29, 0.717) is 6.42 Å². The van der Waals surface area contributed by atoms with E-state index in [1.165, 1.54) is 5.56 Å². The van der Waals surface area contributed by atoms with Crippen LogP contribution >= 0.6 is 11.6 Å². The molecule has 0 saturated heterocycles. The number of rotatable bonds is 8. The molecule has 0 bridgehead atoms. The largest absolute Gasteiger partial charge is 0.478 e. The minimum Gasteiger partial charge on any atom is -0.478 e. The number of benzene rings is 1. The van der Waals surface area contributed by atoms with Crippen LogP contribution in [-0.2, 0) is 15.6 Å². The van der Waals surface area contributed by atoms with Crippen LogP contribution in [0.4, 0.5) is 0 Å². The third-order valence-electron chi connectivity index (χ3n) is 5.68. The van der Waals surface area contributed by atoms with E-state index in [0.717, 1.165) is 24.2 Å². The Hall–Kier alpha value is -1.02. The second kappa shape index (κ2) is 7.47. The fourth-order valence-corrected chi connectivity index (χ4v) is 2.63. The monoisotopic (exact) mass is 352 g/mol. The maximum Gasteiger partial charge on any atom is 0.265 e. The lowest BCUT2D eigenvalue weighted by Gasteiger charge is -2.33. The molecule has 0 aliphatic rings. The summed E-state index contributed by atoms with van der Waals surface area (Å²) in [5, 5.41) is -0.455. The van der Waals surface area contributed by atoms with Gasteiger partial charge in [-0.3, -0.25) is 4.79 Å². The molecule has 0 fully saturated rings. The van der Waals surface area contributed by atoms with Crippen molar-refractivity contribution in [1.29, 1.82) is 0 Å². The second-order valence-electron chi connectivity index (χ2n) is 8.15. The molecular weight excluding hydrogens is 320 g/mol. The summed E-state index contributed by atoms with van der Waals surface area (Å²) in [5.74, 6) is 0.760. The van der Waals surface area contributed by atoms with Gasteiger partial charge in [-0.2, -0.15) is 0 Å². The van der Waals surface area contributed by atoms with Crippen LogP contribution in [0.15, 0.2) is 18.2 Å². The zero-order valence-corrected chi connectivity index (χ0v) is 17.3. The lowest BCUT2D eigenvalue weighted by Crippen LogP contribution is -2.38. The van der Waals surface area contributed by atoms with Crippen molar-refractivity contribution in [2.45, 2.75) is 91.1 Å². The van der Waals surface area contributed by atoms with Crippen LogP contribution < -0.4 is 4.74 Å². The van der Waals surface area contributed by atoms with Gasteiger partial charge in [0, 0.05) is 5.56 Å². The highest BCUT2D eigenvalue weighted by Crippen LogP contribution is 2.40. The molecule has 0 N–H and O–H groups in total. The van der Waals surface area contributed by atoms with Crippen molar-refractivity contribution in [3.63, 3.8) is 0 Å². The van der Waals surface area contributed by atoms with Gasteiger partial charge in [0.1, 0.15) is 5.75 Å². The van der Waals surface area contributed by atoms with E-state index in [2.05, 4.69) is 53.7 Å². The minimum absolute atomic E-state index is 0.0425. The Morgan fingerprint density at radius 1 is 0.958 bits per heavy atom. The lowest BCUT2D eigenvalue weighted by atomic mass is 9.76. The van der Waals surface area contributed by atoms with Crippen LogP contribution in [0.2, 0.25) is 0 Å². The molecule has 0 heterocycles. The Balaban J connectivity index is 3.48. The Kier molecular flexibility index (Phi) is 6.55. The molecule has 136 valence electrons. The van der Waals surface area contributed by atoms with Crippen LogP contribution in [0.1, 0.15) is 85.8 Å². The van der Waals surface area contributed by atoms with E-state index in [4.69, 9.17) is 16.3 Å². The molecular formula is C21H33ClO2. The van der Waals surface area contributed by atoms with Gasteiger partial charge in [0.15, 0.2) is 5.60 Å². The van der Waals surface area contributed by atoms with Crippen LogP contribution in [0, 0.1) is 0 Å². The summed E-state index contributed by atoms with van der Waals surface area (Å²) < 4.78 is 6.15. The minimum atomic E-state index is -0.998. The predicted molar refractivity (Wildman–Crippen MR) is 103 cm³/mol. The van der Waals surface area contributed by atoms with Gasteiger partial charge in [0.05, 0.1) is 0 Å². The number of halogens is 1. The standard InChI is InChI=1S/C21H33ClO2/c1-9-19(4,5)15-12-13-17(16(14-15)20(6,7)10-2)24-21(8,11-3)18(22)23/h12-14H,9-11H2,1-8H3.